The zero-order valence-corrected chi connectivity index (χ0v) is 17.0. The summed E-state index contributed by atoms with van der Waals surface area (Å²) in [6, 6.07) is 18.2. The van der Waals surface area contributed by atoms with Gasteiger partial charge in [-0.25, -0.2) is 0 Å². The van der Waals surface area contributed by atoms with Gasteiger partial charge in [-0.05, 0) is 59.5 Å². The zero-order valence-electron chi connectivity index (χ0n) is 15.5. The summed E-state index contributed by atoms with van der Waals surface area (Å²) >= 11 is 12.2. The summed E-state index contributed by atoms with van der Waals surface area (Å²) in [6.07, 6.45) is 0. The number of rotatable bonds is 4. The first-order chi connectivity index (χ1) is 13.9. The molecule has 1 N–H and O–H groups in total. The Hall–Kier alpha value is -2.82. The Morgan fingerprint density at radius 2 is 1.69 bits per heavy atom. The Bertz CT molecular complexity index is 1130. The first-order valence-electron chi connectivity index (χ1n) is 9.08. The fourth-order valence-corrected chi connectivity index (χ4v) is 3.86. The van der Waals surface area contributed by atoms with Gasteiger partial charge in [0.15, 0.2) is 0 Å². The van der Waals surface area contributed by atoms with Gasteiger partial charge >= 0.3 is 5.97 Å². The van der Waals surface area contributed by atoms with E-state index in [1.165, 1.54) is 0 Å². The molecule has 1 heterocycles. The van der Waals surface area contributed by atoms with Crippen molar-refractivity contribution in [3.8, 4) is 11.1 Å². The maximum absolute atomic E-state index is 13.0. The van der Waals surface area contributed by atoms with Crippen LogP contribution in [-0.4, -0.2) is 17.0 Å². The SMILES string of the molecule is CC(C(=O)O)c1ccc(N2Cc3c(cccc3-c3ccc(Cl)c(Cl)c3)C2=O)cc1. The van der Waals surface area contributed by atoms with Crippen LogP contribution in [0.4, 0.5) is 5.69 Å². The lowest BCUT2D eigenvalue weighted by molar-refractivity contribution is -0.138. The lowest BCUT2D eigenvalue weighted by atomic mass is 9.97. The predicted molar refractivity (Wildman–Crippen MR) is 115 cm³/mol. The maximum atomic E-state index is 13.0. The summed E-state index contributed by atoms with van der Waals surface area (Å²) in [4.78, 5) is 25.9. The van der Waals surface area contributed by atoms with Crippen LogP contribution in [0.3, 0.4) is 0 Å². The quantitative estimate of drug-likeness (QED) is 0.556. The van der Waals surface area contributed by atoms with Crippen molar-refractivity contribution in [3.63, 3.8) is 0 Å². The minimum atomic E-state index is -0.881. The number of fused-ring (bicyclic) bond motifs is 1. The second-order valence-electron chi connectivity index (χ2n) is 7.00. The average molecular weight is 426 g/mol. The van der Waals surface area contributed by atoms with Crippen molar-refractivity contribution in [2.75, 3.05) is 4.90 Å². The molecular formula is C23H17Cl2NO3. The fraction of sp³-hybridized carbons (Fsp3) is 0.130. The topological polar surface area (TPSA) is 57.6 Å². The summed E-state index contributed by atoms with van der Waals surface area (Å²) in [5, 5.41) is 10.1. The number of amides is 1. The standard InChI is InChI=1S/C23H17Cl2NO3/c1-13(23(28)29)14-5-8-16(9-6-14)26-12-19-17(3-2-4-18(19)22(26)27)15-7-10-20(24)21(25)11-15/h2-11,13H,12H2,1H3,(H,28,29). The van der Waals surface area contributed by atoms with Gasteiger partial charge in [0.2, 0.25) is 0 Å². The zero-order chi connectivity index (χ0) is 20.7. The predicted octanol–water partition coefficient (Wildman–Crippen LogP) is 6.01. The van der Waals surface area contributed by atoms with Gasteiger partial charge in [-0.3, -0.25) is 9.59 Å². The number of carbonyl (C=O) groups excluding carboxylic acids is 1. The van der Waals surface area contributed by atoms with Crippen molar-refractivity contribution in [3.05, 3.63) is 87.4 Å². The molecule has 0 aliphatic carbocycles. The number of carboxylic acids is 1. The third-order valence-electron chi connectivity index (χ3n) is 5.27. The molecule has 1 atom stereocenters. The van der Waals surface area contributed by atoms with E-state index in [9.17, 15) is 9.59 Å². The molecule has 146 valence electrons. The molecule has 0 bridgehead atoms. The van der Waals surface area contributed by atoms with E-state index in [0.29, 0.717) is 27.7 Å². The number of halogens is 2. The van der Waals surface area contributed by atoms with E-state index in [2.05, 4.69) is 0 Å². The molecule has 0 saturated heterocycles. The van der Waals surface area contributed by atoms with Crippen LogP contribution < -0.4 is 4.90 Å². The number of anilines is 1. The van der Waals surface area contributed by atoms with Gasteiger partial charge in [0.1, 0.15) is 0 Å². The molecule has 1 amide bonds. The van der Waals surface area contributed by atoms with Crippen molar-refractivity contribution < 1.29 is 14.7 Å². The molecule has 4 rings (SSSR count). The van der Waals surface area contributed by atoms with Crippen LogP contribution in [-0.2, 0) is 11.3 Å². The van der Waals surface area contributed by atoms with Crippen molar-refractivity contribution in [1.82, 2.24) is 0 Å². The number of benzene rings is 3. The average Bonchev–Trinajstić information content (AvgIpc) is 3.06. The third kappa shape index (κ3) is 3.50. The Kier molecular flexibility index (Phi) is 5.07. The number of carboxylic acid groups (broad SMARTS) is 1. The van der Waals surface area contributed by atoms with Crippen molar-refractivity contribution >= 4 is 40.8 Å². The summed E-state index contributed by atoms with van der Waals surface area (Å²) < 4.78 is 0. The van der Waals surface area contributed by atoms with Crippen LogP contribution in [0, 0.1) is 0 Å². The van der Waals surface area contributed by atoms with E-state index < -0.39 is 11.9 Å². The molecule has 0 radical (unpaired) electrons. The maximum Gasteiger partial charge on any atom is 0.310 e. The van der Waals surface area contributed by atoms with E-state index in [-0.39, 0.29) is 5.91 Å². The van der Waals surface area contributed by atoms with Gasteiger partial charge < -0.3 is 10.0 Å². The lowest BCUT2D eigenvalue weighted by Crippen LogP contribution is -2.23. The first kappa shape index (κ1) is 19.5. The van der Waals surface area contributed by atoms with Crippen LogP contribution in [0.1, 0.15) is 34.3 Å². The summed E-state index contributed by atoms with van der Waals surface area (Å²) in [5.74, 6) is -1.56. The second-order valence-corrected chi connectivity index (χ2v) is 7.82. The molecule has 1 unspecified atom stereocenters. The monoisotopic (exact) mass is 425 g/mol. The van der Waals surface area contributed by atoms with Crippen LogP contribution in [0.15, 0.2) is 60.7 Å². The van der Waals surface area contributed by atoms with Gasteiger partial charge in [0.05, 0.1) is 22.5 Å². The van der Waals surface area contributed by atoms with E-state index in [1.807, 2.05) is 24.3 Å². The molecule has 0 aromatic heterocycles. The lowest BCUT2D eigenvalue weighted by Gasteiger charge is -2.17. The molecule has 0 spiro atoms. The summed E-state index contributed by atoms with van der Waals surface area (Å²) in [6.45, 7) is 2.07. The Labute approximate surface area is 178 Å². The largest absolute Gasteiger partial charge is 0.481 e. The van der Waals surface area contributed by atoms with Gasteiger partial charge in [-0.1, -0.05) is 53.5 Å². The second kappa shape index (κ2) is 7.54. The first-order valence-corrected chi connectivity index (χ1v) is 9.84. The molecule has 3 aromatic rings. The molecule has 1 aliphatic heterocycles. The van der Waals surface area contributed by atoms with Gasteiger partial charge in [0.25, 0.3) is 5.91 Å². The molecular weight excluding hydrogens is 409 g/mol. The van der Waals surface area contributed by atoms with Crippen LogP contribution in [0.25, 0.3) is 11.1 Å². The molecule has 3 aromatic carbocycles. The number of hydrogen-bond acceptors (Lipinski definition) is 2. The molecule has 6 heteroatoms. The normalized spacial score (nSPS) is 14.0. The van der Waals surface area contributed by atoms with Gasteiger partial charge in [-0.2, -0.15) is 0 Å². The number of aliphatic carboxylic acids is 1. The molecule has 0 saturated carbocycles. The summed E-state index contributed by atoms with van der Waals surface area (Å²) in [5.41, 5.74) is 4.84. The molecule has 29 heavy (non-hydrogen) atoms. The highest BCUT2D eigenvalue weighted by molar-refractivity contribution is 6.42. The van der Waals surface area contributed by atoms with Crippen molar-refractivity contribution in [2.24, 2.45) is 0 Å². The van der Waals surface area contributed by atoms with E-state index in [0.717, 1.165) is 22.4 Å². The highest BCUT2D eigenvalue weighted by Gasteiger charge is 2.30. The minimum absolute atomic E-state index is 0.0825. The van der Waals surface area contributed by atoms with Gasteiger partial charge in [0, 0.05) is 11.3 Å². The molecule has 4 nitrogen and oxygen atoms in total. The molecule has 1 aliphatic rings. The number of carbonyl (C=O) groups is 2. The highest BCUT2D eigenvalue weighted by atomic mass is 35.5. The fourth-order valence-electron chi connectivity index (χ4n) is 3.56. The minimum Gasteiger partial charge on any atom is -0.481 e. The van der Waals surface area contributed by atoms with Crippen LogP contribution in [0.5, 0.6) is 0 Å². The Morgan fingerprint density at radius 1 is 1.00 bits per heavy atom. The summed E-state index contributed by atoms with van der Waals surface area (Å²) in [7, 11) is 0. The van der Waals surface area contributed by atoms with Crippen molar-refractivity contribution in [2.45, 2.75) is 19.4 Å². The smallest absolute Gasteiger partial charge is 0.310 e. The van der Waals surface area contributed by atoms with E-state index >= 15 is 0 Å². The van der Waals surface area contributed by atoms with Crippen molar-refractivity contribution in [1.29, 1.82) is 0 Å². The van der Waals surface area contributed by atoms with Crippen LogP contribution >= 0.6 is 23.2 Å². The Morgan fingerprint density at radius 3 is 2.34 bits per heavy atom. The van der Waals surface area contributed by atoms with E-state index in [1.54, 1.807) is 48.2 Å². The number of nitrogens with zero attached hydrogens (tertiary/aromatic N) is 1. The Balaban J connectivity index is 1.68. The van der Waals surface area contributed by atoms with Gasteiger partial charge in [-0.15, -0.1) is 0 Å². The third-order valence-corrected chi connectivity index (χ3v) is 6.01. The number of hydrogen-bond donors (Lipinski definition) is 1. The molecule has 0 fully saturated rings. The van der Waals surface area contributed by atoms with E-state index in [4.69, 9.17) is 28.3 Å². The van der Waals surface area contributed by atoms with Crippen LogP contribution in [0.2, 0.25) is 10.0 Å². The highest BCUT2D eigenvalue weighted by Crippen LogP contribution is 2.37.